The van der Waals surface area contributed by atoms with Gasteiger partial charge < -0.3 is 9.80 Å². The van der Waals surface area contributed by atoms with Gasteiger partial charge in [0.2, 0.25) is 0 Å². The van der Waals surface area contributed by atoms with Crippen molar-refractivity contribution in [2.45, 2.75) is 12.8 Å². The summed E-state index contributed by atoms with van der Waals surface area (Å²) in [4.78, 5) is 21.8. The van der Waals surface area contributed by atoms with Crippen LogP contribution in [0.2, 0.25) is 0 Å². The largest absolute Gasteiger partial charge is 0.368 e. The summed E-state index contributed by atoms with van der Waals surface area (Å²) in [6, 6.07) is 8.44. The Morgan fingerprint density at radius 2 is 1.88 bits per heavy atom. The number of anilines is 1. The SMILES string of the molecule is CN1CCN(c2ccc(/C=C3\CCc4cc(F)ccc4C3=O)nc2)CC1. The topological polar surface area (TPSA) is 36.4 Å². The van der Waals surface area contributed by atoms with Crippen LogP contribution in [0.5, 0.6) is 0 Å². The number of carbonyl (C=O) groups excluding carboxylic acids is 1. The molecule has 2 aliphatic rings. The summed E-state index contributed by atoms with van der Waals surface area (Å²) >= 11 is 0. The van der Waals surface area contributed by atoms with Crippen LogP contribution in [0.15, 0.2) is 42.1 Å². The van der Waals surface area contributed by atoms with Gasteiger partial charge in [0.15, 0.2) is 5.78 Å². The number of aromatic nitrogens is 1. The lowest BCUT2D eigenvalue weighted by atomic mass is 9.86. The van der Waals surface area contributed by atoms with Crippen molar-refractivity contribution >= 4 is 17.5 Å². The van der Waals surface area contributed by atoms with E-state index in [2.05, 4.69) is 27.9 Å². The van der Waals surface area contributed by atoms with Gasteiger partial charge in [-0.1, -0.05) is 0 Å². The average molecular weight is 351 g/mol. The molecule has 0 bridgehead atoms. The minimum atomic E-state index is -0.287. The van der Waals surface area contributed by atoms with Gasteiger partial charge in [0.1, 0.15) is 5.82 Å². The number of likely N-dealkylation sites (N-methyl/N-ethyl adjacent to an activating group) is 1. The second kappa shape index (κ2) is 7.00. The van der Waals surface area contributed by atoms with Crippen LogP contribution in [0.1, 0.15) is 28.0 Å². The second-order valence-corrected chi connectivity index (χ2v) is 7.03. The molecule has 0 saturated carbocycles. The van der Waals surface area contributed by atoms with E-state index in [1.54, 1.807) is 6.07 Å². The zero-order chi connectivity index (χ0) is 18.1. The van der Waals surface area contributed by atoms with E-state index in [-0.39, 0.29) is 11.6 Å². The maximum Gasteiger partial charge on any atom is 0.189 e. The molecule has 0 N–H and O–H groups in total. The Hall–Kier alpha value is -2.53. The smallest absolute Gasteiger partial charge is 0.189 e. The number of rotatable bonds is 2. The third-order valence-electron chi connectivity index (χ3n) is 5.23. The fourth-order valence-electron chi connectivity index (χ4n) is 3.60. The molecule has 5 heteroatoms. The van der Waals surface area contributed by atoms with Crippen molar-refractivity contribution in [1.82, 2.24) is 9.88 Å². The number of hydrogen-bond donors (Lipinski definition) is 0. The van der Waals surface area contributed by atoms with Crippen molar-refractivity contribution < 1.29 is 9.18 Å². The Balaban J connectivity index is 1.52. The van der Waals surface area contributed by atoms with Gasteiger partial charge in [0.05, 0.1) is 17.6 Å². The predicted octanol–water partition coefficient (Wildman–Crippen LogP) is 3.19. The fraction of sp³-hybridized carbons (Fsp3) is 0.333. The summed E-state index contributed by atoms with van der Waals surface area (Å²) in [6.45, 7) is 4.12. The number of fused-ring (bicyclic) bond motifs is 1. The summed E-state index contributed by atoms with van der Waals surface area (Å²) in [5.41, 5.74) is 4.06. The molecule has 134 valence electrons. The quantitative estimate of drug-likeness (QED) is 0.779. The molecule has 1 aliphatic heterocycles. The molecule has 0 spiro atoms. The third kappa shape index (κ3) is 3.40. The first-order chi connectivity index (χ1) is 12.6. The number of pyridine rings is 1. The second-order valence-electron chi connectivity index (χ2n) is 7.03. The molecule has 4 nitrogen and oxygen atoms in total. The van der Waals surface area contributed by atoms with E-state index in [0.717, 1.165) is 48.7 Å². The summed E-state index contributed by atoms with van der Waals surface area (Å²) in [7, 11) is 2.14. The normalized spacial score (nSPS) is 19.7. The van der Waals surface area contributed by atoms with Crippen molar-refractivity contribution in [3.63, 3.8) is 0 Å². The number of ketones is 1. The van der Waals surface area contributed by atoms with Crippen molar-refractivity contribution in [3.05, 3.63) is 64.7 Å². The number of nitrogens with zero attached hydrogens (tertiary/aromatic N) is 3. The van der Waals surface area contributed by atoms with E-state index >= 15 is 0 Å². The minimum absolute atomic E-state index is 0.0174. The molecule has 2 heterocycles. The Kier molecular flexibility index (Phi) is 4.55. The molecule has 26 heavy (non-hydrogen) atoms. The fourth-order valence-corrected chi connectivity index (χ4v) is 3.60. The van der Waals surface area contributed by atoms with Crippen LogP contribution in [0.25, 0.3) is 6.08 Å². The van der Waals surface area contributed by atoms with E-state index in [0.29, 0.717) is 18.4 Å². The Morgan fingerprint density at radius 3 is 2.62 bits per heavy atom. The van der Waals surface area contributed by atoms with E-state index in [9.17, 15) is 9.18 Å². The van der Waals surface area contributed by atoms with Crippen LogP contribution < -0.4 is 4.90 Å². The van der Waals surface area contributed by atoms with E-state index < -0.39 is 0 Å². The molecule has 0 radical (unpaired) electrons. The minimum Gasteiger partial charge on any atom is -0.368 e. The molecular formula is C21H22FN3O. The van der Waals surface area contributed by atoms with Crippen molar-refractivity contribution in [1.29, 1.82) is 0 Å². The van der Waals surface area contributed by atoms with Gasteiger partial charge in [-0.15, -0.1) is 0 Å². The lowest BCUT2D eigenvalue weighted by molar-refractivity contribution is 0.102. The molecule has 1 aromatic heterocycles. The molecule has 1 fully saturated rings. The molecule has 1 saturated heterocycles. The number of hydrogen-bond acceptors (Lipinski definition) is 4. The standard InChI is InChI=1S/C21H22FN3O/c1-24-8-10-25(11-9-24)19-6-5-18(23-14-19)13-16-3-2-15-12-17(22)4-7-20(15)21(16)26/h4-7,12-14H,2-3,8-11H2,1H3/b16-13+. The molecule has 0 atom stereocenters. The number of Topliss-reactive ketones (excluding diaryl/α,β-unsaturated/α-hetero) is 1. The Labute approximate surface area is 153 Å². The molecule has 1 aromatic carbocycles. The first kappa shape index (κ1) is 16.9. The van der Waals surface area contributed by atoms with Gasteiger partial charge >= 0.3 is 0 Å². The van der Waals surface area contributed by atoms with Gasteiger partial charge in [-0.2, -0.15) is 0 Å². The monoisotopic (exact) mass is 351 g/mol. The maximum atomic E-state index is 13.3. The zero-order valence-corrected chi connectivity index (χ0v) is 14.9. The van der Waals surface area contributed by atoms with Crippen LogP contribution in [0, 0.1) is 5.82 Å². The highest BCUT2D eigenvalue weighted by Crippen LogP contribution is 2.27. The first-order valence-corrected chi connectivity index (χ1v) is 9.03. The number of piperazine rings is 1. The van der Waals surface area contributed by atoms with E-state index in [1.165, 1.54) is 12.1 Å². The number of carbonyl (C=O) groups is 1. The molecule has 4 rings (SSSR count). The zero-order valence-electron chi connectivity index (χ0n) is 14.9. The molecule has 0 amide bonds. The van der Waals surface area contributed by atoms with Crippen molar-refractivity contribution in [2.75, 3.05) is 38.1 Å². The van der Waals surface area contributed by atoms with Crippen LogP contribution in [-0.2, 0) is 6.42 Å². The predicted molar refractivity (Wildman–Crippen MR) is 101 cm³/mol. The summed E-state index contributed by atoms with van der Waals surface area (Å²) < 4.78 is 13.3. The van der Waals surface area contributed by atoms with Gasteiger partial charge in [0, 0.05) is 37.3 Å². The van der Waals surface area contributed by atoms with Crippen LogP contribution in [0.3, 0.4) is 0 Å². The Bertz CT molecular complexity index is 852. The van der Waals surface area contributed by atoms with Crippen molar-refractivity contribution in [2.24, 2.45) is 0 Å². The molecule has 0 unspecified atom stereocenters. The number of allylic oxidation sites excluding steroid dienone is 1. The lowest BCUT2D eigenvalue weighted by Gasteiger charge is -2.33. The van der Waals surface area contributed by atoms with Gasteiger partial charge in [-0.05, 0) is 61.9 Å². The van der Waals surface area contributed by atoms with Gasteiger partial charge in [-0.25, -0.2) is 4.39 Å². The third-order valence-corrected chi connectivity index (χ3v) is 5.23. The average Bonchev–Trinajstić information content (AvgIpc) is 2.65. The van der Waals surface area contributed by atoms with E-state index in [1.807, 2.05) is 18.3 Å². The van der Waals surface area contributed by atoms with Gasteiger partial charge in [0.25, 0.3) is 0 Å². The lowest BCUT2D eigenvalue weighted by Crippen LogP contribution is -2.44. The number of aryl methyl sites for hydroxylation is 1. The van der Waals surface area contributed by atoms with Crippen LogP contribution in [-0.4, -0.2) is 48.9 Å². The number of benzene rings is 1. The number of halogens is 1. The summed E-state index contributed by atoms with van der Waals surface area (Å²) in [5, 5.41) is 0. The highest BCUT2D eigenvalue weighted by molar-refractivity contribution is 6.13. The highest BCUT2D eigenvalue weighted by atomic mass is 19.1. The first-order valence-electron chi connectivity index (χ1n) is 9.03. The maximum absolute atomic E-state index is 13.3. The van der Waals surface area contributed by atoms with Crippen LogP contribution in [0.4, 0.5) is 10.1 Å². The molecule has 2 aromatic rings. The van der Waals surface area contributed by atoms with Crippen molar-refractivity contribution in [3.8, 4) is 0 Å². The highest BCUT2D eigenvalue weighted by Gasteiger charge is 2.22. The van der Waals surface area contributed by atoms with E-state index in [4.69, 9.17) is 0 Å². The van der Waals surface area contributed by atoms with Gasteiger partial charge in [-0.3, -0.25) is 9.78 Å². The Morgan fingerprint density at radius 1 is 1.08 bits per heavy atom. The van der Waals surface area contributed by atoms with Crippen LogP contribution >= 0.6 is 0 Å². The summed E-state index contributed by atoms with van der Waals surface area (Å²) in [5.74, 6) is -0.304. The molecule has 1 aliphatic carbocycles. The summed E-state index contributed by atoms with van der Waals surface area (Å²) in [6.07, 6.45) is 5.05. The molecular weight excluding hydrogens is 329 g/mol.